The lowest BCUT2D eigenvalue weighted by Gasteiger charge is -2.23. The second-order valence-electron chi connectivity index (χ2n) is 7.30. The Kier molecular flexibility index (Phi) is 4.04. The SMILES string of the molecule is COc1ccc(C(=O)C[C@]2(O)c3ccccc3-n3c2nc2ccccc2c3=O)cc1. The number of carbonyl (C=O) groups excluding carboxylic acids is 1. The maximum atomic E-state index is 13.2. The second kappa shape index (κ2) is 6.64. The molecule has 1 aromatic heterocycles. The van der Waals surface area contributed by atoms with E-state index in [1.807, 2.05) is 0 Å². The van der Waals surface area contributed by atoms with Gasteiger partial charge in [-0.15, -0.1) is 0 Å². The molecule has 1 aliphatic heterocycles. The summed E-state index contributed by atoms with van der Waals surface area (Å²) in [7, 11) is 1.56. The summed E-state index contributed by atoms with van der Waals surface area (Å²) in [6.45, 7) is 0. The van der Waals surface area contributed by atoms with Crippen LogP contribution in [-0.4, -0.2) is 27.6 Å². The highest BCUT2D eigenvalue weighted by molar-refractivity contribution is 5.97. The van der Waals surface area contributed by atoms with Gasteiger partial charge in [-0.3, -0.25) is 14.2 Å². The molecule has 0 bridgehead atoms. The van der Waals surface area contributed by atoms with Gasteiger partial charge >= 0.3 is 0 Å². The summed E-state index contributed by atoms with van der Waals surface area (Å²) in [5.41, 5.74) is -0.0137. The standard InChI is InChI=1S/C24H18N2O4/c1-30-16-12-10-15(11-13-16)21(27)14-24(29)18-7-3-5-9-20(18)26-22(28)17-6-2-4-8-19(17)25-23(24)26/h2-13,29H,14H2,1H3/t24-/m0/s1. The van der Waals surface area contributed by atoms with Gasteiger partial charge in [-0.1, -0.05) is 30.3 Å². The van der Waals surface area contributed by atoms with Gasteiger partial charge in [0.2, 0.25) is 0 Å². The average molecular weight is 398 g/mol. The van der Waals surface area contributed by atoms with Crippen LogP contribution >= 0.6 is 0 Å². The molecule has 1 atom stereocenters. The molecule has 0 aliphatic carbocycles. The Morgan fingerprint density at radius 2 is 1.73 bits per heavy atom. The van der Waals surface area contributed by atoms with Gasteiger partial charge in [0.15, 0.2) is 17.2 Å². The Balaban J connectivity index is 1.68. The number of nitrogens with zero attached hydrogens (tertiary/aromatic N) is 2. The number of hydrogen-bond donors (Lipinski definition) is 1. The summed E-state index contributed by atoms with van der Waals surface area (Å²) >= 11 is 0. The molecule has 0 radical (unpaired) electrons. The quantitative estimate of drug-likeness (QED) is 0.534. The molecule has 0 fully saturated rings. The Bertz CT molecular complexity index is 1360. The number of ether oxygens (including phenoxy) is 1. The Morgan fingerprint density at radius 3 is 2.50 bits per heavy atom. The first kappa shape index (κ1) is 18.3. The summed E-state index contributed by atoms with van der Waals surface area (Å²) in [5.74, 6) is 0.543. The summed E-state index contributed by atoms with van der Waals surface area (Å²) in [6.07, 6.45) is -0.235. The number of methoxy groups -OCH3 is 1. The monoisotopic (exact) mass is 398 g/mol. The van der Waals surface area contributed by atoms with Crippen molar-refractivity contribution in [1.29, 1.82) is 0 Å². The van der Waals surface area contributed by atoms with Gasteiger partial charge in [-0.05, 0) is 42.5 Å². The van der Waals surface area contributed by atoms with Gasteiger partial charge in [0.25, 0.3) is 5.56 Å². The van der Waals surface area contributed by atoms with Gasteiger partial charge in [0.05, 0.1) is 30.1 Å². The van der Waals surface area contributed by atoms with Gasteiger partial charge in [0.1, 0.15) is 5.75 Å². The molecule has 0 saturated carbocycles. The summed E-state index contributed by atoms with van der Waals surface area (Å²) in [4.78, 5) is 30.9. The summed E-state index contributed by atoms with van der Waals surface area (Å²) in [5, 5.41) is 12.2. The topological polar surface area (TPSA) is 81.4 Å². The highest BCUT2D eigenvalue weighted by Gasteiger charge is 2.46. The molecular weight excluding hydrogens is 380 g/mol. The molecule has 0 saturated heterocycles. The van der Waals surface area contributed by atoms with Crippen LogP contribution in [0, 0.1) is 0 Å². The Labute approximate surface area is 172 Å². The lowest BCUT2D eigenvalue weighted by atomic mass is 9.87. The lowest BCUT2D eigenvalue weighted by molar-refractivity contribution is 0.0562. The van der Waals surface area contributed by atoms with Crippen molar-refractivity contribution in [3.8, 4) is 11.4 Å². The van der Waals surface area contributed by atoms with Crippen molar-refractivity contribution >= 4 is 16.7 Å². The van der Waals surface area contributed by atoms with Gasteiger partial charge in [-0.25, -0.2) is 4.98 Å². The highest BCUT2D eigenvalue weighted by Crippen LogP contribution is 2.42. The van der Waals surface area contributed by atoms with Crippen LogP contribution in [-0.2, 0) is 5.60 Å². The van der Waals surface area contributed by atoms with Crippen molar-refractivity contribution in [3.05, 3.63) is 100 Å². The van der Waals surface area contributed by atoms with E-state index in [2.05, 4.69) is 4.98 Å². The number of aromatic nitrogens is 2. The molecule has 1 aliphatic rings. The van der Waals surface area contributed by atoms with Crippen molar-refractivity contribution in [2.45, 2.75) is 12.0 Å². The number of hydrogen-bond acceptors (Lipinski definition) is 5. The molecule has 0 spiro atoms. The Hall–Kier alpha value is -3.77. The van der Waals surface area contributed by atoms with E-state index in [1.165, 1.54) is 4.57 Å². The zero-order chi connectivity index (χ0) is 20.9. The summed E-state index contributed by atoms with van der Waals surface area (Å²) in [6, 6.07) is 20.8. The van der Waals surface area contributed by atoms with Crippen molar-refractivity contribution < 1.29 is 14.6 Å². The number of aliphatic hydroxyl groups is 1. The minimum Gasteiger partial charge on any atom is -0.497 e. The molecule has 5 rings (SSSR count). The maximum absolute atomic E-state index is 13.2. The smallest absolute Gasteiger partial charge is 0.266 e. The first-order valence-electron chi connectivity index (χ1n) is 9.55. The van der Waals surface area contributed by atoms with Crippen LogP contribution in [0.5, 0.6) is 5.75 Å². The number of fused-ring (bicyclic) bond motifs is 4. The number of para-hydroxylation sites is 2. The van der Waals surface area contributed by atoms with Crippen LogP contribution in [0.25, 0.3) is 16.6 Å². The third-order valence-electron chi connectivity index (χ3n) is 5.56. The number of rotatable bonds is 4. The Morgan fingerprint density at radius 1 is 1.03 bits per heavy atom. The van der Waals surface area contributed by atoms with E-state index in [-0.39, 0.29) is 23.6 Å². The minimum absolute atomic E-state index is 0.161. The molecule has 0 unspecified atom stereocenters. The van der Waals surface area contributed by atoms with E-state index < -0.39 is 5.60 Å². The largest absolute Gasteiger partial charge is 0.497 e. The van der Waals surface area contributed by atoms with Crippen molar-refractivity contribution in [2.75, 3.05) is 7.11 Å². The molecular formula is C24H18N2O4. The molecule has 6 nitrogen and oxygen atoms in total. The fourth-order valence-electron chi connectivity index (χ4n) is 4.06. The second-order valence-corrected chi connectivity index (χ2v) is 7.30. The number of ketones is 1. The van der Waals surface area contributed by atoms with Gasteiger partial charge in [-0.2, -0.15) is 0 Å². The first-order chi connectivity index (χ1) is 14.5. The predicted molar refractivity (Wildman–Crippen MR) is 112 cm³/mol. The third kappa shape index (κ3) is 2.58. The zero-order valence-electron chi connectivity index (χ0n) is 16.2. The van der Waals surface area contributed by atoms with Crippen molar-refractivity contribution in [2.24, 2.45) is 0 Å². The van der Waals surface area contributed by atoms with E-state index in [0.717, 1.165) is 0 Å². The number of Topliss-reactive ketones (excluding diaryl/α,β-unsaturated/α-hetero) is 1. The van der Waals surface area contributed by atoms with E-state index in [4.69, 9.17) is 4.74 Å². The maximum Gasteiger partial charge on any atom is 0.266 e. The van der Waals surface area contributed by atoms with Crippen LogP contribution in [0.15, 0.2) is 77.6 Å². The molecule has 0 amide bonds. The lowest BCUT2D eigenvalue weighted by Crippen LogP contribution is -2.32. The normalized spacial score (nSPS) is 16.9. The van der Waals surface area contributed by atoms with Crippen LogP contribution < -0.4 is 10.3 Å². The van der Waals surface area contributed by atoms with Crippen LogP contribution in [0.2, 0.25) is 0 Å². The highest BCUT2D eigenvalue weighted by atomic mass is 16.5. The van der Waals surface area contributed by atoms with Crippen molar-refractivity contribution in [1.82, 2.24) is 9.55 Å². The predicted octanol–water partition coefficient (Wildman–Crippen LogP) is 3.22. The molecule has 148 valence electrons. The molecule has 2 heterocycles. The van der Waals surface area contributed by atoms with Crippen LogP contribution in [0.4, 0.5) is 0 Å². The fourth-order valence-corrected chi connectivity index (χ4v) is 4.06. The molecule has 4 aromatic rings. The van der Waals surface area contributed by atoms with Gasteiger partial charge in [0, 0.05) is 11.1 Å². The molecule has 30 heavy (non-hydrogen) atoms. The van der Waals surface area contributed by atoms with Crippen molar-refractivity contribution in [3.63, 3.8) is 0 Å². The van der Waals surface area contributed by atoms with E-state index in [0.29, 0.717) is 33.5 Å². The van der Waals surface area contributed by atoms with Crippen LogP contribution in [0.3, 0.4) is 0 Å². The zero-order valence-corrected chi connectivity index (χ0v) is 16.2. The summed E-state index contributed by atoms with van der Waals surface area (Å²) < 4.78 is 6.56. The third-order valence-corrected chi connectivity index (χ3v) is 5.56. The molecule has 6 heteroatoms. The molecule has 3 aromatic carbocycles. The number of benzene rings is 3. The fraction of sp³-hybridized carbons (Fsp3) is 0.125. The average Bonchev–Trinajstić information content (AvgIpc) is 3.02. The minimum atomic E-state index is -1.71. The van der Waals surface area contributed by atoms with E-state index in [1.54, 1.807) is 79.9 Å². The van der Waals surface area contributed by atoms with E-state index >= 15 is 0 Å². The van der Waals surface area contributed by atoms with Gasteiger partial charge < -0.3 is 9.84 Å². The molecule has 1 N–H and O–H groups in total. The van der Waals surface area contributed by atoms with E-state index in [9.17, 15) is 14.7 Å². The first-order valence-corrected chi connectivity index (χ1v) is 9.55. The number of carbonyl (C=O) groups is 1. The van der Waals surface area contributed by atoms with Crippen LogP contribution in [0.1, 0.15) is 28.2 Å².